The van der Waals surface area contributed by atoms with Gasteiger partial charge in [0.05, 0.1) is 24.1 Å². The maximum Gasteiger partial charge on any atom is 0.229 e. The largest absolute Gasteiger partial charge is 0.492 e. The highest BCUT2D eigenvalue weighted by Gasteiger charge is 2.28. The summed E-state index contributed by atoms with van der Waals surface area (Å²) in [4.78, 5) is 32.7. The van der Waals surface area contributed by atoms with Crippen LogP contribution < -0.4 is 0 Å². The van der Waals surface area contributed by atoms with Gasteiger partial charge in [0.15, 0.2) is 5.76 Å². The fourth-order valence-electron chi connectivity index (χ4n) is 2.19. The number of fused-ring (bicyclic) bond motifs is 1. The number of aromatic nitrogens is 2. The topological polar surface area (TPSA) is 69.2 Å². The number of hydrogen-bond donors (Lipinski definition) is 0. The van der Waals surface area contributed by atoms with E-state index in [2.05, 4.69) is 9.97 Å². The van der Waals surface area contributed by atoms with Crippen LogP contribution in [0, 0.1) is 6.92 Å². The van der Waals surface area contributed by atoms with Crippen LogP contribution in [0.1, 0.15) is 26.4 Å². The van der Waals surface area contributed by atoms with E-state index in [0.717, 1.165) is 5.56 Å². The summed E-state index contributed by atoms with van der Waals surface area (Å²) >= 11 is 0. The first-order valence-electron chi connectivity index (χ1n) is 6.39. The average molecular weight is 280 g/mol. The lowest BCUT2D eigenvalue weighted by Gasteiger charge is -2.14. The third kappa shape index (κ3) is 2.23. The van der Waals surface area contributed by atoms with E-state index in [4.69, 9.17) is 4.74 Å². The molecule has 0 radical (unpaired) electrons. The number of Topliss-reactive ketones (excluding diaryl/α,β-unsaturated/α-hetero) is 1. The van der Waals surface area contributed by atoms with Gasteiger partial charge in [-0.15, -0.1) is 0 Å². The molecule has 0 bridgehead atoms. The predicted octanol–water partition coefficient (Wildman–Crippen LogP) is 2.36. The first kappa shape index (κ1) is 13.2. The molecule has 5 heteroatoms. The SMILES string of the molecule is COC1=CC(=O)c2nc(-c3cc(C)ccn3)ccc2C1=O. The highest BCUT2D eigenvalue weighted by molar-refractivity contribution is 6.23. The molecule has 2 heterocycles. The van der Waals surface area contributed by atoms with Crippen molar-refractivity contribution in [3.05, 3.63) is 59.1 Å². The summed E-state index contributed by atoms with van der Waals surface area (Å²) < 4.78 is 4.91. The van der Waals surface area contributed by atoms with Crippen LogP contribution in [0.15, 0.2) is 42.3 Å². The van der Waals surface area contributed by atoms with Crippen molar-refractivity contribution in [2.45, 2.75) is 6.92 Å². The van der Waals surface area contributed by atoms with Crippen molar-refractivity contribution in [1.82, 2.24) is 9.97 Å². The maximum atomic E-state index is 12.1. The van der Waals surface area contributed by atoms with Gasteiger partial charge in [-0.25, -0.2) is 4.98 Å². The molecular weight excluding hydrogens is 268 g/mol. The fourth-order valence-corrected chi connectivity index (χ4v) is 2.19. The third-order valence-corrected chi connectivity index (χ3v) is 3.26. The summed E-state index contributed by atoms with van der Waals surface area (Å²) in [6, 6.07) is 7.03. The number of rotatable bonds is 2. The van der Waals surface area contributed by atoms with Crippen molar-refractivity contribution >= 4 is 11.6 Å². The van der Waals surface area contributed by atoms with Crippen molar-refractivity contribution in [2.75, 3.05) is 7.11 Å². The number of nitrogens with zero attached hydrogens (tertiary/aromatic N) is 2. The van der Waals surface area contributed by atoms with Crippen LogP contribution in [0.3, 0.4) is 0 Å². The van der Waals surface area contributed by atoms with Gasteiger partial charge in [-0.1, -0.05) is 0 Å². The molecule has 2 aromatic heterocycles. The number of methoxy groups -OCH3 is 1. The Balaban J connectivity index is 2.11. The van der Waals surface area contributed by atoms with Crippen molar-refractivity contribution in [3.8, 4) is 11.4 Å². The smallest absolute Gasteiger partial charge is 0.229 e. The molecule has 0 aromatic carbocycles. The number of carbonyl (C=O) groups is 2. The molecule has 0 saturated heterocycles. The van der Waals surface area contributed by atoms with E-state index in [0.29, 0.717) is 11.4 Å². The number of aryl methyl sites for hydroxylation is 1. The van der Waals surface area contributed by atoms with E-state index in [9.17, 15) is 9.59 Å². The second-order valence-electron chi connectivity index (χ2n) is 4.72. The Morgan fingerprint density at radius 1 is 1.10 bits per heavy atom. The van der Waals surface area contributed by atoms with E-state index in [1.165, 1.54) is 13.2 Å². The number of pyridine rings is 2. The minimum absolute atomic E-state index is 0.0377. The second kappa shape index (κ2) is 4.94. The molecule has 1 aliphatic carbocycles. The van der Waals surface area contributed by atoms with Gasteiger partial charge in [0, 0.05) is 12.3 Å². The highest BCUT2D eigenvalue weighted by Crippen LogP contribution is 2.24. The molecule has 3 rings (SSSR count). The number of ketones is 2. The molecule has 0 aliphatic heterocycles. The van der Waals surface area contributed by atoms with E-state index < -0.39 is 0 Å². The molecule has 0 spiro atoms. The Hall–Kier alpha value is -2.82. The normalized spacial score (nSPS) is 13.7. The zero-order valence-corrected chi connectivity index (χ0v) is 11.6. The van der Waals surface area contributed by atoms with Gasteiger partial charge in [-0.2, -0.15) is 0 Å². The van der Waals surface area contributed by atoms with Crippen LogP contribution in [-0.4, -0.2) is 28.6 Å². The van der Waals surface area contributed by atoms with E-state index in [1.54, 1.807) is 18.3 Å². The summed E-state index contributed by atoms with van der Waals surface area (Å²) in [5, 5.41) is 0. The quantitative estimate of drug-likeness (QED) is 0.844. The number of hydrogen-bond acceptors (Lipinski definition) is 5. The lowest BCUT2D eigenvalue weighted by atomic mass is 9.97. The molecule has 0 fully saturated rings. The molecule has 0 unspecified atom stereocenters. The van der Waals surface area contributed by atoms with Gasteiger partial charge in [-0.05, 0) is 36.8 Å². The summed E-state index contributed by atoms with van der Waals surface area (Å²) in [5.74, 6) is -0.630. The molecule has 104 valence electrons. The van der Waals surface area contributed by atoms with Crippen LogP contribution in [0.5, 0.6) is 0 Å². The Morgan fingerprint density at radius 2 is 1.90 bits per heavy atom. The van der Waals surface area contributed by atoms with Crippen LogP contribution in [0.2, 0.25) is 0 Å². The Morgan fingerprint density at radius 3 is 2.62 bits per heavy atom. The van der Waals surface area contributed by atoms with Gasteiger partial charge >= 0.3 is 0 Å². The third-order valence-electron chi connectivity index (χ3n) is 3.26. The molecule has 0 amide bonds. The molecule has 5 nitrogen and oxygen atoms in total. The predicted molar refractivity (Wildman–Crippen MR) is 76.0 cm³/mol. The van der Waals surface area contributed by atoms with Crippen molar-refractivity contribution < 1.29 is 14.3 Å². The summed E-state index contributed by atoms with van der Waals surface area (Å²) in [6.07, 6.45) is 2.85. The fraction of sp³-hybridized carbons (Fsp3) is 0.125. The lowest BCUT2D eigenvalue weighted by molar-refractivity contribution is 0.0914. The summed E-state index contributed by atoms with van der Waals surface area (Å²) in [5.41, 5.74) is 2.67. The van der Waals surface area contributed by atoms with Crippen molar-refractivity contribution in [3.63, 3.8) is 0 Å². The minimum atomic E-state index is -0.337. The van der Waals surface area contributed by atoms with E-state index in [1.807, 2.05) is 19.1 Å². The number of carbonyl (C=O) groups excluding carboxylic acids is 2. The standard InChI is InChI=1S/C16H12N2O3/c1-9-5-6-17-12(7-9)11-4-3-10-15(18-11)13(19)8-14(21-2)16(10)20/h3-8H,1-2H3. The lowest BCUT2D eigenvalue weighted by Crippen LogP contribution is -2.19. The molecule has 1 aliphatic rings. The van der Waals surface area contributed by atoms with Gasteiger partial charge in [0.25, 0.3) is 0 Å². The van der Waals surface area contributed by atoms with E-state index in [-0.39, 0.29) is 28.6 Å². The van der Waals surface area contributed by atoms with Crippen molar-refractivity contribution in [2.24, 2.45) is 0 Å². The number of allylic oxidation sites excluding steroid dienone is 2. The van der Waals surface area contributed by atoms with Gasteiger partial charge in [0.2, 0.25) is 11.6 Å². The van der Waals surface area contributed by atoms with Crippen molar-refractivity contribution in [1.29, 1.82) is 0 Å². The molecule has 0 atom stereocenters. The monoisotopic (exact) mass is 280 g/mol. The van der Waals surface area contributed by atoms with E-state index >= 15 is 0 Å². The Kier molecular flexibility index (Phi) is 3.10. The van der Waals surface area contributed by atoms with Gasteiger partial charge < -0.3 is 4.74 Å². The molecule has 0 N–H and O–H groups in total. The van der Waals surface area contributed by atoms with Gasteiger partial charge in [-0.3, -0.25) is 14.6 Å². The zero-order chi connectivity index (χ0) is 15.0. The molecule has 0 saturated carbocycles. The second-order valence-corrected chi connectivity index (χ2v) is 4.72. The summed E-state index contributed by atoms with van der Waals surface area (Å²) in [7, 11) is 1.36. The molecular formula is C16H12N2O3. The highest BCUT2D eigenvalue weighted by atomic mass is 16.5. The average Bonchev–Trinajstić information content (AvgIpc) is 2.50. The summed E-state index contributed by atoms with van der Waals surface area (Å²) in [6.45, 7) is 1.95. The Labute approximate surface area is 121 Å². The zero-order valence-electron chi connectivity index (χ0n) is 11.6. The first-order chi connectivity index (χ1) is 10.1. The maximum absolute atomic E-state index is 12.1. The molecule has 21 heavy (non-hydrogen) atoms. The Bertz CT molecular complexity index is 794. The van der Waals surface area contributed by atoms with Crippen LogP contribution in [0.4, 0.5) is 0 Å². The minimum Gasteiger partial charge on any atom is -0.492 e. The van der Waals surface area contributed by atoms with Gasteiger partial charge in [0.1, 0.15) is 5.69 Å². The first-order valence-corrected chi connectivity index (χ1v) is 6.39. The van der Waals surface area contributed by atoms with Crippen LogP contribution >= 0.6 is 0 Å². The van der Waals surface area contributed by atoms with Crippen LogP contribution in [-0.2, 0) is 4.74 Å². The number of ether oxygens (including phenoxy) is 1. The van der Waals surface area contributed by atoms with Crippen LogP contribution in [0.25, 0.3) is 11.4 Å². The molecule has 2 aromatic rings.